The number of pyridine rings is 2. The van der Waals surface area contributed by atoms with E-state index < -0.39 is 0 Å². The average Bonchev–Trinajstić information content (AvgIpc) is 2.78. The first-order chi connectivity index (χ1) is 15.3. The fourth-order valence-corrected chi connectivity index (χ4v) is 3.02. The van der Waals surface area contributed by atoms with E-state index in [1.807, 2.05) is 87.5 Å². The lowest BCUT2D eigenvalue weighted by atomic mass is 10.2. The van der Waals surface area contributed by atoms with Crippen molar-refractivity contribution in [1.82, 2.24) is 9.97 Å². The highest BCUT2D eigenvalue weighted by atomic mass is 16.3. The highest BCUT2D eigenvalue weighted by molar-refractivity contribution is 5.84. The minimum Gasteiger partial charge on any atom is -0.508 e. The molecule has 0 aliphatic heterocycles. The van der Waals surface area contributed by atoms with Gasteiger partial charge in [-0.15, -0.1) is 0 Å². The monoisotopic (exact) mass is 426 g/mol. The number of nitrogens with zero attached hydrogens (tertiary/aromatic N) is 2. The van der Waals surface area contributed by atoms with Crippen LogP contribution in [0.3, 0.4) is 0 Å². The van der Waals surface area contributed by atoms with E-state index in [1.165, 1.54) is 0 Å². The highest BCUT2D eigenvalue weighted by Gasteiger charge is 2.00. The standard InChI is InChI=1S/2C10H9NO.C7H8O/c2*1-7-5-6-8-3-2-4-9(12)10(8)11-7;1-6-4-2-3-5-7(6)8/h2*2-6,12H,1H3;2-5,8H,1H3. The number of rotatable bonds is 0. The molecule has 0 aliphatic rings. The van der Waals surface area contributed by atoms with Crippen molar-refractivity contribution in [2.24, 2.45) is 0 Å². The van der Waals surface area contributed by atoms with Crippen molar-refractivity contribution in [2.45, 2.75) is 20.8 Å². The van der Waals surface area contributed by atoms with Gasteiger partial charge in [0.15, 0.2) is 0 Å². The van der Waals surface area contributed by atoms with Crippen LogP contribution in [0.25, 0.3) is 21.8 Å². The van der Waals surface area contributed by atoms with Gasteiger partial charge < -0.3 is 15.3 Å². The van der Waals surface area contributed by atoms with Gasteiger partial charge in [-0.3, -0.25) is 0 Å². The molecule has 0 radical (unpaired) electrons. The van der Waals surface area contributed by atoms with E-state index in [0.717, 1.165) is 27.7 Å². The van der Waals surface area contributed by atoms with Crippen LogP contribution >= 0.6 is 0 Å². The second kappa shape index (κ2) is 10.3. The maximum atomic E-state index is 9.43. The topological polar surface area (TPSA) is 86.5 Å². The summed E-state index contributed by atoms with van der Waals surface area (Å²) < 4.78 is 0. The molecule has 5 rings (SSSR count). The average molecular weight is 427 g/mol. The Labute approximate surface area is 187 Å². The summed E-state index contributed by atoms with van der Waals surface area (Å²) in [4.78, 5) is 8.45. The first-order valence-corrected chi connectivity index (χ1v) is 10.2. The molecule has 0 bridgehead atoms. The molecule has 32 heavy (non-hydrogen) atoms. The summed E-state index contributed by atoms with van der Waals surface area (Å²) in [5, 5.41) is 29.7. The third-order valence-corrected chi connectivity index (χ3v) is 4.79. The maximum Gasteiger partial charge on any atom is 0.141 e. The summed E-state index contributed by atoms with van der Waals surface area (Å²) in [6.45, 7) is 5.69. The number of phenols is 3. The van der Waals surface area contributed by atoms with Crippen molar-refractivity contribution >= 4 is 21.8 Å². The van der Waals surface area contributed by atoms with E-state index in [9.17, 15) is 10.2 Å². The lowest BCUT2D eigenvalue weighted by Gasteiger charge is -1.99. The molecule has 5 heteroatoms. The third kappa shape index (κ3) is 5.73. The lowest BCUT2D eigenvalue weighted by molar-refractivity contribution is 0.471. The second-order valence-corrected chi connectivity index (χ2v) is 7.39. The Bertz CT molecular complexity index is 1250. The zero-order chi connectivity index (χ0) is 23.1. The molecular weight excluding hydrogens is 400 g/mol. The van der Waals surface area contributed by atoms with Gasteiger partial charge in [-0.2, -0.15) is 0 Å². The number of hydrogen-bond donors (Lipinski definition) is 3. The molecule has 0 spiro atoms. The van der Waals surface area contributed by atoms with Gasteiger partial charge in [0, 0.05) is 22.2 Å². The summed E-state index contributed by atoms with van der Waals surface area (Å²) in [6.07, 6.45) is 0. The molecule has 0 saturated heterocycles. The molecule has 0 unspecified atom stereocenters. The molecule has 3 aromatic carbocycles. The summed E-state index contributed by atoms with van der Waals surface area (Å²) in [5.41, 5.74) is 4.12. The van der Waals surface area contributed by atoms with Gasteiger partial charge in [-0.1, -0.05) is 54.6 Å². The van der Waals surface area contributed by atoms with Crippen LogP contribution in [0, 0.1) is 20.8 Å². The smallest absolute Gasteiger partial charge is 0.141 e. The Kier molecular flexibility index (Phi) is 7.24. The van der Waals surface area contributed by atoms with Gasteiger partial charge in [-0.05, 0) is 56.7 Å². The van der Waals surface area contributed by atoms with Crippen LogP contribution in [0.4, 0.5) is 0 Å². The van der Waals surface area contributed by atoms with Gasteiger partial charge in [0.25, 0.3) is 0 Å². The summed E-state index contributed by atoms with van der Waals surface area (Å²) in [5.74, 6) is 0.861. The number of hydrogen-bond acceptors (Lipinski definition) is 5. The largest absolute Gasteiger partial charge is 0.508 e. The Morgan fingerprint density at radius 1 is 0.469 bits per heavy atom. The van der Waals surface area contributed by atoms with Crippen molar-refractivity contribution in [3.63, 3.8) is 0 Å². The molecule has 5 aromatic rings. The second-order valence-electron chi connectivity index (χ2n) is 7.39. The SMILES string of the molecule is Cc1ccc2cccc(O)c2n1.Cc1ccc2cccc(O)c2n1.Cc1ccccc1O. The van der Waals surface area contributed by atoms with Crippen LogP contribution in [0.15, 0.2) is 84.9 Å². The van der Waals surface area contributed by atoms with Gasteiger partial charge in [0.2, 0.25) is 0 Å². The molecular formula is C27H26N2O3. The minimum atomic E-state index is 0.246. The molecule has 2 aromatic heterocycles. The normalized spacial score (nSPS) is 10.1. The van der Waals surface area contributed by atoms with Gasteiger partial charge in [0.1, 0.15) is 28.3 Å². The van der Waals surface area contributed by atoms with Gasteiger partial charge in [0.05, 0.1) is 0 Å². The molecule has 5 nitrogen and oxygen atoms in total. The van der Waals surface area contributed by atoms with E-state index in [2.05, 4.69) is 9.97 Å². The third-order valence-electron chi connectivity index (χ3n) is 4.79. The van der Waals surface area contributed by atoms with E-state index in [-0.39, 0.29) is 11.5 Å². The van der Waals surface area contributed by atoms with Crippen molar-refractivity contribution in [3.8, 4) is 17.2 Å². The quantitative estimate of drug-likeness (QED) is 0.274. The first-order valence-electron chi connectivity index (χ1n) is 10.2. The fourth-order valence-electron chi connectivity index (χ4n) is 3.02. The number of aromatic hydroxyl groups is 3. The molecule has 2 heterocycles. The van der Waals surface area contributed by atoms with Crippen LogP contribution < -0.4 is 0 Å². The van der Waals surface area contributed by atoms with Crippen molar-refractivity contribution in [1.29, 1.82) is 0 Å². The van der Waals surface area contributed by atoms with Crippen LogP contribution in [0.1, 0.15) is 17.0 Å². The summed E-state index contributed by atoms with van der Waals surface area (Å²) in [7, 11) is 0. The molecule has 0 amide bonds. The zero-order valence-electron chi connectivity index (χ0n) is 18.3. The maximum absolute atomic E-state index is 9.43. The molecule has 3 N–H and O–H groups in total. The predicted octanol–water partition coefficient (Wildman–Crippen LogP) is 6.20. The number of fused-ring (bicyclic) bond motifs is 2. The van der Waals surface area contributed by atoms with Crippen molar-refractivity contribution in [2.75, 3.05) is 0 Å². The van der Waals surface area contributed by atoms with Crippen LogP contribution in [-0.2, 0) is 0 Å². The van der Waals surface area contributed by atoms with Crippen LogP contribution in [0.5, 0.6) is 17.2 Å². The predicted molar refractivity (Wildman–Crippen MR) is 129 cm³/mol. The van der Waals surface area contributed by atoms with Gasteiger partial charge in [-0.25, -0.2) is 9.97 Å². The number of aryl methyl sites for hydroxylation is 3. The molecule has 0 saturated carbocycles. The first kappa shape index (κ1) is 22.6. The van der Waals surface area contributed by atoms with E-state index in [0.29, 0.717) is 16.8 Å². The molecule has 162 valence electrons. The van der Waals surface area contributed by atoms with Crippen molar-refractivity contribution in [3.05, 3.63) is 102 Å². The fraction of sp³-hybridized carbons (Fsp3) is 0.111. The zero-order valence-corrected chi connectivity index (χ0v) is 18.3. The van der Waals surface area contributed by atoms with E-state index in [4.69, 9.17) is 5.11 Å². The number of benzene rings is 3. The summed E-state index contributed by atoms with van der Waals surface area (Å²) >= 11 is 0. The van der Waals surface area contributed by atoms with Gasteiger partial charge >= 0.3 is 0 Å². The molecule has 0 atom stereocenters. The lowest BCUT2D eigenvalue weighted by Crippen LogP contribution is -1.82. The Morgan fingerprint density at radius 3 is 1.31 bits per heavy atom. The van der Waals surface area contributed by atoms with Crippen molar-refractivity contribution < 1.29 is 15.3 Å². The van der Waals surface area contributed by atoms with E-state index in [1.54, 1.807) is 18.2 Å². The Morgan fingerprint density at radius 2 is 0.906 bits per heavy atom. The summed E-state index contributed by atoms with van der Waals surface area (Å²) in [6, 6.07) is 25.8. The Hall–Kier alpha value is -4.12. The number of aromatic nitrogens is 2. The molecule has 0 aliphatic carbocycles. The highest BCUT2D eigenvalue weighted by Crippen LogP contribution is 2.22. The van der Waals surface area contributed by atoms with E-state index >= 15 is 0 Å². The Balaban J connectivity index is 0.000000139. The number of phenolic OH excluding ortho intramolecular Hbond substituents is 3. The van der Waals surface area contributed by atoms with Crippen LogP contribution in [0.2, 0.25) is 0 Å². The number of para-hydroxylation sites is 3. The minimum absolute atomic E-state index is 0.246. The van der Waals surface area contributed by atoms with Crippen LogP contribution in [-0.4, -0.2) is 25.3 Å². The molecule has 0 fully saturated rings.